The molecule has 0 N–H and O–H groups in total. The molecule has 0 amide bonds. The molecule has 1 fully saturated rings. The normalized spacial score (nSPS) is 15.3. The lowest BCUT2D eigenvalue weighted by molar-refractivity contribution is 0.0850. The second-order valence-electron chi connectivity index (χ2n) is 2.20. The van der Waals surface area contributed by atoms with E-state index in [1.165, 1.54) is 6.07 Å². The van der Waals surface area contributed by atoms with Crippen LogP contribution in [0, 0.1) is 11.6 Å². The van der Waals surface area contributed by atoms with Crippen molar-refractivity contribution in [2.75, 3.05) is 0 Å². The molecule has 1 aliphatic rings. The van der Waals surface area contributed by atoms with Gasteiger partial charge in [-0.2, -0.15) is 0 Å². The van der Waals surface area contributed by atoms with Crippen LogP contribution in [0.4, 0.5) is 8.78 Å². The average Bonchev–Trinajstić information content (AvgIpc) is 2.77. The molecule has 2 rings (SSSR count). The van der Waals surface area contributed by atoms with Crippen molar-refractivity contribution in [3.05, 3.63) is 29.8 Å². The van der Waals surface area contributed by atoms with Crippen molar-refractivity contribution in [1.82, 2.24) is 0 Å². The fourth-order valence-electron chi connectivity index (χ4n) is 0.798. The third-order valence-electron chi connectivity index (χ3n) is 1.41. The molecule has 0 radical (unpaired) electrons. The molecule has 1 aromatic carbocycles. The molecule has 11 heavy (non-hydrogen) atoms. The third kappa shape index (κ3) is 1.24. The molecule has 5 heteroatoms. The van der Waals surface area contributed by atoms with Crippen molar-refractivity contribution in [3.8, 4) is 0 Å². The highest BCUT2D eigenvalue weighted by atomic mass is 19.2. The van der Waals surface area contributed by atoms with Crippen molar-refractivity contribution < 1.29 is 18.4 Å². The molecule has 1 heterocycles. The Bertz CT molecular complexity index is 288. The van der Waals surface area contributed by atoms with Gasteiger partial charge in [-0.25, -0.2) is 8.78 Å². The predicted molar refractivity (Wildman–Crippen MR) is 33.9 cm³/mol. The maximum Gasteiger partial charge on any atom is 0.550 e. The first kappa shape index (κ1) is 6.76. The Morgan fingerprint density at radius 3 is 2.36 bits per heavy atom. The Hall–Kier alpha value is -0.935. The largest absolute Gasteiger partial charge is 0.550 e. The molecule has 0 unspecified atom stereocenters. The van der Waals surface area contributed by atoms with Crippen LogP contribution in [0.15, 0.2) is 18.2 Å². The second kappa shape index (κ2) is 2.28. The van der Waals surface area contributed by atoms with E-state index in [0.29, 0.717) is 5.46 Å². The van der Waals surface area contributed by atoms with E-state index < -0.39 is 18.8 Å². The molecular formula is C6H3BF2O2. The number of halogens is 2. The van der Waals surface area contributed by atoms with Crippen LogP contribution in [-0.2, 0) is 9.61 Å². The smallest absolute Gasteiger partial charge is 0.267 e. The maximum atomic E-state index is 12.5. The van der Waals surface area contributed by atoms with Gasteiger partial charge in [0.15, 0.2) is 11.6 Å². The highest BCUT2D eigenvalue weighted by Crippen LogP contribution is 2.09. The summed E-state index contributed by atoms with van der Waals surface area (Å²) in [5.41, 5.74) is 0.490. The van der Waals surface area contributed by atoms with Crippen molar-refractivity contribution in [2.24, 2.45) is 0 Å². The van der Waals surface area contributed by atoms with Crippen LogP contribution in [0.2, 0.25) is 0 Å². The van der Waals surface area contributed by atoms with E-state index in [2.05, 4.69) is 9.61 Å². The molecule has 2 nitrogen and oxygen atoms in total. The average molecular weight is 156 g/mol. The van der Waals surface area contributed by atoms with Gasteiger partial charge in [0.1, 0.15) is 0 Å². The Balaban J connectivity index is 2.36. The minimum atomic E-state index is -0.887. The Morgan fingerprint density at radius 1 is 1.09 bits per heavy atom. The van der Waals surface area contributed by atoms with Crippen molar-refractivity contribution in [1.29, 1.82) is 0 Å². The molecule has 1 aromatic rings. The summed E-state index contributed by atoms with van der Waals surface area (Å²) >= 11 is 0. The molecular weight excluding hydrogens is 153 g/mol. The van der Waals surface area contributed by atoms with Crippen LogP contribution < -0.4 is 5.46 Å². The van der Waals surface area contributed by atoms with Crippen LogP contribution in [0.1, 0.15) is 0 Å². The fraction of sp³-hybridized carbons (Fsp3) is 0. The summed E-state index contributed by atoms with van der Waals surface area (Å²) in [6.07, 6.45) is 0. The minimum absolute atomic E-state index is 0.490. The summed E-state index contributed by atoms with van der Waals surface area (Å²) in [5, 5.41) is 0. The molecule has 1 saturated heterocycles. The molecule has 56 valence electrons. The zero-order chi connectivity index (χ0) is 7.84. The Labute approximate surface area is 61.8 Å². The van der Waals surface area contributed by atoms with Crippen molar-refractivity contribution in [2.45, 2.75) is 0 Å². The SMILES string of the molecule is Fc1ccc(B2OO2)cc1F. The fourth-order valence-corrected chi connectivity index (χ4v) is 0.798. The van der Waals surface area contributed by atoms with Gasteiger partial charge in [0.2, 0.25) is 0 Å². The van der Waals surface area contributed by atoms with Gasteiger partial charge in [-0.05, 0) is 17.6 Å². The predicted octanol–water partition coefficient (Wildman–Crippen LogP) is 0.622. The summed E-state index contributed by atoms with van der Waals surface area (Å²) < 4.78 is 24.8. The third-order valence-corrected chi connectivity index (χ3v) is 1.41. The van der Waals surface area contributed by atoms with Crippen molar-refractivity contribution in [3.63, 3.8) is 0 Å². The van der Waals surface area contributed by atoms with Gasteiger partial charge in [0.25, 0.3) is 0 Å². The lowest BCUT2D eigenvalue weighted by Gasteiger charge is -1.92. The minimum Gasteiger partial charge on any atom is -0.267 e. The zero-order valence-corrected chi connectivity index (χ0v) is 5.38. The van der Waals surface area contributed by atoms with Crippen LogP contribution in [0.5, 0.6) is 0 Å². The van der Waals surface area contributed by atoms with Gasteiger partial charge in [-0.3, -0.25) is 9.61 Å². The van der Waals surface area contributed by atoms with E-state index in [-0.39, 0.29) is 0 Å². The van der Waals surface area contributed by atoms with E-state index >= 15 is 0 Å². The topological polar surface area (TPSA) is 25.1 Å². The summed E-state index contributed by atoms with van der Waals surface area (Å²) in [4.78, 5) is 8.80. The van der Waals surface area contributed by atoms with Gasteiger partial charge in [-0.15, -0.1) is 0 Å². The van der Waals surface area contributed by atoms with Crippen molar-refractivity contribution >= 4 is 12.6 Å². The van der Waals surface area contributed by atoms with Crippen LogP contribution in [0.25, 0.3) is 0 Å². The van der Waals surface area contributed by atoms with Gasteiger partial charge in [-0.1, -0.05) is 6.07 Å². The monoisotopic (exact) mass is 156 g/mol. The maximum absolute atomic E-state index is 12.5. The van der Waals surface area contributed by atoms with E-state index in [1.807, 2.05) is 0 Å². The molecule has 0 aromatic heterocycles. The number of hydrogen-bond donors (Lipinski definition) is 0. The molecule has 0 bridgehead atoms. The number of rotatable bonds is 1. The van der Waals surface area contributed by atoms with E-state index in [9.17, 15) is 8.78 Å². The van der Waals surface area contributed by atoms with Crippen LogP contribution in [0.3, 0.4) is 0 Å². The lowest BCUT2D eigenvalue weighted by Crippen LogP contribution is -2.16. The van der Waals surface area contributed by atoms with E-state index in [0.717, 1.165) is 12.1 Å². The first-order valence-electron chi connectivity index (χ1n) is 3.04. The summed E-state index contributed by atoms with van der Waals surface area (Å²) in [5.74, 6) is -1.75. The quantitative estimate of drug-likeness (QED) is 0.338. The summed E-state index contributed by atoms with van der Waals surface area (Å²) in [7, 11) is -0.509. The highest BCUT2D eigenvalue weighted by molar-refractivity contribution is 6.65. The molecule has 0 atom stereocenters. The summed E-state index contributed by atoms with van der Waals surface area (Å²) in [6, 6.07) is 3.50. The van der Waals surface area contributed by atoms with Crippen LogP contribution >= 0.6 is 0 Å². The highest BCUT2D eigenvalue weighted by Gasteiger charge is 2.37. The molecule has 1 aliphatic heterocycles. The molecule has 0 aliphatic carbocycles. The standard InChI is InChI=1S/C6H3BF2O2/c8-5-2-1-4(3-6(5)9)7-10-11-7/h1-3H. The summed E-state index contributed by atoms with van der Waals surface area (Å²) in [6.45, 7) is 0. The van der Waals surface area contributed by atoms with Gasteiger partial charge < -0.3 is 0 Å². The molecule has 0 saturated carbocycles. The van der Waals surface area contributed by atoms with E-state index in [1.54, 1.807) is 0 Å². The van der Waals surface area contributed by atoms with Crippen LogP contribution in [-0.4, -0.2) is 7.12 Å². The number of hydrogen-bond acceptors (Lipinski definition) is 2. The van der Waals surface area contributed by atoms with Gasteiger partial charge in [0.05, 0.1) is 0 Å². The Kier molecular flexibility index (Phi) is 1.40. The van der Waals surface area contributed by atoms with Gasteiger partial charge >= 0.3 is 7.12 Å². The Morgan fingerprint density at radius 2 is 1.82 bits per heavy atom. The zero-order valence-electron chi connectivity index (χ0n) is 5.38. The molecule has 0 spiro atoms. The first-order chi connectivity index (χ1) is 5.27. The number of benzene rings is 1. The second-order valence-corrected chi connectivity index (χ2v) is 2.20. The van der Waals surface area contributed by atoms with Gasteiger partial charge in [0, 0.05) is 0 Å². The van der Waals surface area contributed by atoms with E-state index in [4.69, 9.17) is 0 Å². The lowest BCUT2D eigenvalue weighted by atomic mass is 9.83. The first-order valence-corrected chi connectivity index (χ1v) is 3.04.